The zero-order valence-corrected chi connectivity index (χ0v) is 11.5. The zero-order chi connectivity index (χ0) is 14.0. The predicted octanol–water partition coefficient (Wildman–Crippen LogP) is 1.09. The molecule has 2 saturated heterocycles. The van der Waals surface area contributed by atoms with Gasteiger partial charge in [0.1, 0.15) is 6.10 Å². The molecule has 2 saturated carbocycles. The molecular formula is C15H20O5. The second-order valence-electron chi connectivity index (χ2n) is 6.90. The highest BCUT2D eigenvalue weighted by atomic mass is 16.6. The largest absolute Gasteiger partial charge is 0.462 e. The lowest BCUT2D eigenvalue weighted by atomic mass is 9.57. The summed E-state index contributed by atoms with van der Waals surface area (Å²) in [6.07, 6.45) is 2.50. The van der Waals surface area contributed by atoms with E-state index in [9.17, 15) is 14.7 Å². The normalized spacial score (nSPS) is 53.7. The lowest BCUT2D eigenvalue weighted by Gasteiger charge is -2.45. The van der Waals surface area contributed by atoms with Gasteiger partial charge in [0.2, 0.25) is 6.29 Å². The fourth-order valence-corrected chi connectivity index (χ4v) is 5.22. The number of fused-ring (bicyclic) bond motifs is 4. The number of ether oxygens (including phenoxy) is 2. The summed E-state index contributed by atoms with van der Waals surface area (Å²) in [5.74, 6) is 0.547. The van der Waals surface area contributed by atoms with Gasteiger partial charge in [0.05, 0.1) is 11.8 Å². The summed E-state index contributed by atoms with van der Waals surface area (Å²) in [5.41, 5.74) is 0. The Morgan fingerprint density at radius 1 is 1.00 bits per heavy atom. The summed E-state index contributed by atoms with van der Waals surface area (Å²) >= 11 is 0. The molecule has 0 aromatic rings. The van der Waals surface area contributed by atoms with E-state index < -0.39 is 6.29 Å². The molecule has 4 fully saturated rings. The Kier molecular flexibility index (Phi) is 2.65. The van der Waals surface area contributed by atoms with Gasteiger partial charge in [-0.3, -0.25) is 9.59 Å². The highest BCUT2D eigenvalue weighted by Gasteiger charge is 2.57. The van der Waals surface area contributed by atoms with Crippen molar-refractivity contribution in [2.45, 2.75) is 45.0 Å². The fraction of sp³-hybridized carbons (Fsp3) is 0.867. The topological polar surface area (TPSA) is 72.8 Å². The monoisotopic (exact) mass is 280 g/mol. The smallest absolute Gasteiger partial charge is 0.311 e. The summed E-state index contributed by atoms with van der Waals surface area (Å²) in [7, 11) is 0. The number of carbonyl (C=O) groups is 2. The first kappa shape index (κ1) is 12.6. The van der Waals surface area contributed by atoms with Crippen molar-refractivity contribution in [3.8, 4) is 0 Å². The van der Waals surface area contributed by atoms with E-state index in [0.29, 0.717) is 11.8 Å². The molecule has 2 aliphatic heterocycles. The van der Waals surface area contributed by atoms with Gasteiger partial charge in [0, 0.05) is 11.8 Å². The molecule has 8 unspecified atom stereocenters. The molecule has 5 nitrogen and oxygen atoms in total. The Morgan fingerprint density at radius 3 is 2.55 bits per heavy atom. The van der Waals surface area contributed by atoms with Crippen LogP contribution in [0.1, 0.15) is 32.6 Å². The van der Waals surface area contributed by atoms with Crippen LogP contribution in [-0.2, 0) is 19.1 Å². The van der Waals surface area contributed by atoms with E-state index in [1.54, 1.807) is 0 Å². The highest BCUT2D eigenvalue weighted by Crippen LogP contribution is 2.55. The van der Waals surface area contributed by atoms with Crippen molar-refractivity contribution < 1.29 is 24.2 Å². The van der Waals surface area contributed by atoms with Gasteiger partial charge in [-0.15, -0.1) is 0 Å². The van der Waals surface area contributed by atoms with Crippen LogP contribution >= 0.6 is 0 Å². The molecule has 4 aliphatic rings. The van der Waals surface area contributed by atoms with Gasteiger partial charge in [0.15, 0.2) is 0 Å². The van der Waals surface area contributed by atoms with Crippen molar-refractivity contribution in [3.05, 3.63) is 0 Å². The number of esters is 2. The third-order valence-corrected chi connectivity index (χ3v) is 6.08. The Morgan fingerprint density at radius 2 is 1.75 bits per heavy atom. The van der Waals surface area contributed by atoms with E-state index in [1.807, 2.05) is 6.92 Å². The maximum atomic E-state index is 11.9. The van der Waals surface area contributed by atoms with Gasteiger partial charge in [-0.1, -0.05) is 0 Å². The average Bonchev–Trinajstić information content (AvgIpc) is 2.86. The molecule has 0 spiro atoms. The van der Waals surface area contributed by atoms with Crippen molar-refractivity contribution in [2.75, 3.05) is 0 Å². The molecule has 20 heavy (non-hydrogen) atoms. The van der Waals surface area contributed by atoms with Crippen LogP contribution in [0.25, 0.3) is 0 Å². The maximum absolute atomic E-state index is 11.9. The molecule has 110 valence electrons. The summed E-state index contributed by atoms with van der Waals surface area (Å²) < 4.78 is 10.4. The van der Waals surface area contributed by atoms with E-state index in [4.69, 9.17) is 9.47 Å². The molecular weight excluding hydrogens is 260 g/mol. The van der Waals surface area contributed by atoms with Gasteiger partial charge >= 0.3 is 11.9 Å². The van der Waals surface area contributed by atoms with Crippen LogP contribution in [0.15, 0.2) is 0 Å². The highest BCUT2D eigenvalue weighted by molar-refractivity contribution is 5.76. The lowest BCUT2D eigenvalue weighted by Crippen LogP contribution is -2.44. The summed E-state index contributed by atoms with van der Waals surface area (Å²) in [6, 6.07) is 0. The number of aliphatic hydroxyl groups is 1. The second kappa shape index (κ2) is 4.20. The fourth-order valence-electron chi connectivity index (χ4n) is 5.22. The minimum Gasteiger partial charge on any atom is -0.462 e. The minimum absolute atomic E-state index is 0.0187. The van der Waals surface area contributed by atoms with Crippen molar-refractivity contribution in [3.63, 3.8) is 0 Å². The van der Waals surface area contributed by atoms with E-state index >= 15 is 0 Å². The van der Waals surface area contributed by atoms with Gasteiger partial charge in [0.25, 0.3) is 0 Å². The van der Waals surface area contributed by atoms with Crippen molar-refractivity contribution in [1.82, 2.24) is 0 Å². The van der Waals surface area contributed by atoms with Gasteiger partial charge in [-0.2, -0.15) is 0 Å². The summed E-state index contributed by atoms with van der Waals surface area (Å²) in [5, 5.41) is 9.84. The number of rotatable bonds is 0. The molecule has 0 radical (unpaired) electrons. The summed E-state index contributed by atoms with van der Waals surface area (Å²) in [4.78, 5) is 23.7. The molecule has 2 heterocycles. The number of hydrogen-bond acceptors (Lipinski definition) is 5. The Bertz CT molecular complexity index is 461. The zero-order valence-electron chi connectivity index (χ0n) is 11.5. The van der Waals surface area contributed by atoms with Crippen LogP contribution in [0.2, 0.25) is 0 Å². The van der Waals surface area contributed by atoms with E-state index in [0.717, 1.165) is 25.7 Å². The van der Waals surface area contributed by atoms with Crippen LogP contribution < -0.4 is 0 Å². The Balaban J connectivity index is 1.62. The molecule has 1 N–H and O–H groups in total. The number of carbonyl (C=O) groups excluding carboxylic acids is 2. The van der Waals surface area contributed by atoms with Crippen LogP contribution in [0.5, 0.6) is 0 Å². The first-order chi connectivity index (χ1) is 9.56. The van der Waals surface area contributed by atoms with E-state index in [1.165, 1.54) is 0 Å². The summed E-state index contributed by atoms with van der Waals surface area (Å²) in [6.45, 7) is 1.97. The van der Waals surface area contributed by atoms with Gasteiger partial charge in [-0.25, -0.2) is 0 Å². The number of hydrogen-bond donors (Lipinski definition) is 1. The number of cyclic esters (lactones) is 2. The molecule has 8 atom stereocenters. The number of aliphatic hydroxyl groups excluding tert-OH is 1. The van der Waals surface area contributed by atoms with Crippen molar-refractivity contribution in [2.24, 2.45) is 35.5 Å². The first-order valence-corrected chi connectivity index (χ1v) is 7.65. The minimum atomic E-state index is -0.926. The quantitative estimate of drug-likeness (QED) is 0.672. The standard InChI is InChI=1S/C15H20O5/c1-6-12-8(13(16)19-6)3-2-7-4-10-11(5-9(7)12)15(18)20-14(10)17/h6-12,14,17H,2-5H2,1H3. The van der Waals surface area contributed by atoms with Crippen LogP contribution in [0.4, 0.5) is 0 Å². The second-order valence-corrected chi connectivity index (χ2v) is 6.90. The van der Waals surface area contributed by atoms with Crippen molar-refractivity contribution >= 4 is 11.9 Å². The Hall–Kier alpha value is -1.10. The maximum Gasteiger partial charge on any atom is 0.311 e. The third-order valence-electron chi connectivity index (χ3n) is 6.08. The first-order valence-electron chi connectivity index (χ1n) is 7.65. The van der Waals surface area contributed by atoms with Crippen molar-refractivity contribution in [1.29, 1.82) is 0 Å². The molecule has 0 bridgehead atoms. The van der Waals surface area contributed by atoms with Gasteiger partial charge < -0.3 is 14.6 Å². The lowest BCUT2D eigenvalue weighted by molar-refractivity contribution is -0.157. The molecule has 2 aliphatic carbocycles. The van der Waals surface area contributed by atoms with Crippen LogP contribution in [0, 0.1) is 35.5 Å². The third kappa shape index (κ3) is 1.59. The molecule has 0 aromatic carbocycles. The molecule has 5 heteroatoms. The van der Waals surface area contributed by atoms with Crippen LogP contribution in [-0.4, -0.2) is 29.4 Å². The molecule has 0 amide bonds. The van der Waals surface area contributed by atoms with E-state index in [2.05, 4.69) is 0 Å². The SMILES string of the molecule is CC1OC(=O)C2CCC3CC4C(O)OC(=O)C4CC3C12. The van der Waals surface area contributed by atoms with Crippen LogP contribution in [0.3, 0.4) is 0 Å². The molecule has 0 aromatic heterocycles. The average molecular weight is 280 g/mol. The van der Waals surface area contributed by atoms with Gasteiger partial charge in [-0.05, 0) is 44.4 Å². The Labute approximate surface area is 117 Å². The predicted molar refractivity (Wildman–Crippen MR) is 67.1 cm³/mol. The van der Waals surface area contributed by atoms with E-state index in [-0.39, 0.29) is 41.7 Å². The molecule has 4 rings (SSSR count).